The Kier molecular flexibility index (Phi) is 4.90. The Morgan fingerprint density at radius 2 is 2.09 bits per heavy atom. The number of carbonyl (C=O) groups excluding carboxylic acids is 1. The van der Waals surface area contributed by atoms with Gasteiger partial charge in [0, 0.05) is 58.1 Å². The van der Waals surface area contributed by atoms with Crippen molar-refractivity contribution in [2.45, 2.75) is 13.0 Å². The number of pyridine rings is 1. The van der Waals surface area contributed by atoms with Gasteiger partial charge in [0.2, 0.25) is 5.91 Å². The summed E-state index contributed by atoms with van der Waals surface area (Å²) >= 11 is 0. The van der Waals surface area contributed by atoms with E-state index in [1.54, 1.807) is 0 Å². The lowest BCUT2D eigenvalue weighted by Crippen LogP contribution is -2.55. The van der Waals surface area contributed by atoms with Gasteiger partial charge in [0.05, 0.1) is 6.54 Å². The lowest BCUT2D eigenvalue weighted by atomic mass is 10.2. The SMILES string of the molecule is CC1CN(C(=O)CN2CCN(c3ccccn3)CC2)CCN1. The van der Waals surface area contributed by atoms with Gasteiger partial charge in [-0.2, -0.15) is 0 Å². The molecule has 22 heavy (non-hydrogen) atoms. The van der Waals surface area contributed by atoms with Crippen molar-refractivity contribution in [2.75, 3.05) is 57.3 Å². The molecule has 2 fully saturated rings. The van der Waals surface area contributed by atoms with Gasteiger partial charge in [0.1, 0.15) is 5.82 Å². The van der Waals surface area contributed by atoms with Crippen molar-refractivity contribution < 1.29 is 4.79 Å². The fraction of sp³-hybridized carbons (Fsp3) is 0.625. The van der Waals surface area contributed by atoms with Crippen LogP contribution in [0.4, 0.5) is 5.82 Å². The van der Waals surface area contributed by atoms with E-state index in [2.05, 4.69) is 27.0 Å². The Morgan fingerprint density at radius 1 is 1.27 bits per heavy atom. The number of rotatable bonds is 3. The van der Waals surface area contributed by atoms with Crippen LogP contribution in [0.3, 0.4) is 0 Å². The lowest BCUT2D eigenvalue weighted by molar-refractivity contribution is -0.133. The van der Waals surface area contributed by atoms with Crippen LogP contribution in [0.15, 0.2) is 24.4 Å². The van der Waals surface area contributed by atoms with E-state index in [9.17, 15) is 4.79 Å². The number of carbonyl (C=O) groups is 1. The minimum absolute atomic E-state index is 0.264. The van der Waals surface area contributed by atoms with Gasteiger partial charge in [-0.05, 0) is 19.1 Å². The number of anilines is 1. The molecule has 1 N–H and O–H groups in total. The van der Waals surface area contributed by atoms with E-state index in [0.29, 0.717) is 12.6 Å². The van der Waals surface area contributed by atoms with Crippen LogP contribution in [-0.2, 0) is 4.79 Å². The van der Waals surface area contributed by atoms with Gasteiger partial charge in [-0.1, -0.05) is 6.07 Å². The van der Waals surface area contributed by atoms with Crippen molar-refractivity contribution in [3.8, 4) is 0 Å². The van der Waals surface area contributed by atoms with Crippen molar-refractivity contribution in [3.05, 3.63) is 24.4 Å². The molecular weight excluding hydrogens is 278 g/mol. The quantitative estimate of drug-likeness (QED) is 0.853. The molecule has 6 heteroatoms. The van der Waals surface area contributed by atoms with Crippen LogP contribution in [0.5, 0.6) is 0 Å². The second-order valence-corrected chi connectivity index (χ2v) is 6.15. The van der Waals surface area contributed by atoms with E-state index in [1.807, 2.05) is 29.3 Å². The third kappa shape index (κ3) is 3.75. The van der Waals surface area contributed by atoms with Crippen molar-refractivity contribution in [1.82, 2.24) is 20.1 Å². The second-order valence-electron chi connectivity index (χ2n) is 6.15. The number of aromatic nitrogens is 1. The third-order valence-electron chi connectivity index (χ3n) is 4.43. The minimum Gasteiger partial charge on any atom is -0.354 e. The number of hydrogen-bond donors (Lipinski definition) is 1. The summed E-state index contributed by atoms with van der Waals surface area (Å²) in [5.41, 5.74) is 0. The topological polar surface area (TPSA) is 51.7 Å². The van der Waals surface area contributed by atoms with Crippen molar-refractivity contribution in [1.29, 1.82) is 0 Å². The maximum Gasteiger partial charge on any atom is 0.236 e. The van der Waals surface area contributed by atoms with E-state index in [-0.39, 0.29) is 5.91 Å². The molecule has 1 unspecified atom stereocenters. The molecule has 0 aromatic carbocycles. The molecule has 0 saturated carbocycles. The first kappa shape index (κ1) is 15.2. The predicted molar refractivity (Wildman–Crippen MR) is 86.9 cm³/mol. The van der Waals surface area contributed by atoms with Gasteiger partial charge in [-0.25, -0.2) is 4.98 Å². The Bertz CT molecular complexity index is 487. The molecule has 0 bridgehead atoms. The van der Waals surface area contributed by atoms with E-state index >= 15 is 0 Å². The zero-order valence-corrected chi connectivity index (χ0v) is 13.2. The van der Waals surface area contributed by atoms with E-state index in [4.69, 9.17) is 0 Å². The molecule has 1 amide bonds. The second kappa shape index (κ2) is 7.07. The van der Waals surface area contributed by atoms with Crippen LogP contribution < -0.4 is 10.2 Å². The van der Waals surface area contributed by atoms with Crippen LogP contribution in [-0.4, -0.2) is 79.1 Å². The number of hydrogen-bond acceptors (Lipinski definition) is 5. The first-order valence-electron chi connectivity index (χ1n) is 8.12. The Hall–Kier alpha value is -1.66. The number of amides is 1. The average molecular weight is 303 g/mol. The fourth-order valence-corrected chi connectivity index (χ4v) is 3.13. The molecule has 2 saturated heterocycles. The summed E-state index contributed by atoms with van der Waals surface area (Å²) in [5.74, 6) is 1.30. The van der Waals surface area contributed by atoms with Gasteiger partial charge in [0.15, 0.2) is 0 Å². The number of nitrogens with one attached hydrogen (secondary N) is 1. The highest BCUT2D eigenvalue weighted by atomic mass is 16.2. The van der Waals surface area contributed by atoms with Crippen LogP contribution in [0, 0.1) is 0 Å². The van der Waals surface area contributed by atoms with Crippen LogP contribution in [0.25, 0.3) is 0 Å². The Balaban J connectivity index is 1.46. The summed E-state index contributed by atoms with van der Waals surface area (Å²) in [6.07, 6.45) is 1.83. The molecule has 1 atom stereocenters. The maximum absolute atomic E-state index is 12.4. The summed E-state index contributed by atoms with van der Waals surface area (Å²) in [5, 5.41) is 3.37. The Labute approximate surface area is 132 Å². The van der Waals surface area contributed by atoms with E-state index < -0.39 is 0 Å². The van der Waals surface area contributed by atoms with E-state index in [0.717, 1.165) is 51.6 Å². The van der Waals surface area contributed by atoms with Crippen LogP contribution >= 0.6 is 0 Å². The molecule has 0 radical (unpaired) electrons. The third-order valence-corrected chi connectivity index (χ3v) is 4.43. The van der Waals surface area contributed by atoms with Gasteiger partial charge >= 0.3 is 0 Å². The highest BCUT2D eigenvalue weighted by molar-refractivity contribution is 5.78. The smallest absolute Gasteiger partial charge is 0.236 e. The normalized spacial score (nSPS) is 23.6. The predicted octanol–water partition coefficient (Wildman–Crippen LogP) is 0.0239. The van der Waals surface area contributed by atoms with Crippen molar-refractivity contribution in [3.63, 3.8) is 0 Å². The standard InChI is InChI=1S/C16H25N5O/c1-14-12-21(7-6-17-14)16(22)13-19-8-10-20(11-9-19)15-4-2-3-5-18-15/h2-5,14,17H,6-13H2,1H3. The molecule has 120 valence electrons. The summed E-state index contributed by atoms with van der Waals surface area (Å²) in [6.45, 7) is 8.94. The fourth-order valence-electron chi connectivity index (χ4n) is 3.13. The largest absolute Gasteiger partial charge is 0.354 e. The maximum atomic E-state index is 12.4. The summed E-state index contributed by atoms with van der Waals surface area (Å²) in [6, 6.07) is 6.40. The molecule has 1 aromatic rings. The monoisotopic (exact) mass is 303 g/mol. The highest BCUT2D eigenvalue weighted by Crippen LogP contribution is 2.12. The molecular formula is C16H25N5O. The van der Waals surface area contributed by atoms with Gasteiger partial charge in [0.25, 0.3) is 0 Å². The molecule has 0 spiro atoms. The van der Waals surface area contributed by atoms with Gasteiger partial charge in [-0.15, -0.1) is 0 Å². The molecule has 3 heterocycles. The highest BCUT2D eigenvalue weighted by Gasteiger charge is 2.24. The summed E-state index contributed by atoms with van der Waals surface area (Å²) < 4.78 is 0. The van der Waals surface area contributed by atoms with Crippen LogP contribution in [0.1, 0.15) is 6.92 Å². The molecule has 2 aliphatic heterocycles. The van der Waals surface area contributed by atoms with E-state index in [1.165, 1.54) is 0 Å². The Morgan fingerprint density at radius 3 is 2.77 bits per heavy atom. The average Bonchev–Trinajstić information content (AvgIpc) is 2.56. The summed E-state index contributed by atoms with van der Waals surface area (Å²) in [7, 11) is 0. The summed E-state index contributed by atoms with van der Waals surface area (Å²) in [4.78, 5) is 23.3. The first-order chi connectivity index (χ1) is 10.7. The number of nitrogens with zero attached hydrogens (tertiary/aromatic N) is 4. The van der Waals surface area contributed by atoms with Gasteiger partial charge < -0.3 is 15.1 Å². The van der Waals surface area contributed by atoms with Crippen molar-refractivity contribution >= 4 is 11.7 Å². The molecule has 6 nitrogen and oxygen atoms in total. The molecule has 0 aliphatic carbocycles. The van der Waals surface area contributed by atoms with Gasteiger partial charge in [-0.3, -0.25) is 9.69 Å². The zero-order valence-electron chi connectivity index (χ0n) is 13.2. The number of piperazine rings is 2. The zero-order chi connectivity index (χ0) is 15.4. The lowest BCUT2D eigenvalue weighted by Gasteiger charge is -2.37. The first-order valence-corrected chi connectivity index (χ1v) is 8.12. The minimum atomic E-state index is 0.264. The molecule has 3 rings (SSSR count). The van der Waals surface area contributed by atoms with Crippen LogP contribution in [0.2, 0.25) is 0 Å². The van der Waals surface area contributed by atoms with Crippen molar-refractivity contribution in [2.24, 2.45) is 0 Å². The molecule has 1 aromatic heterocycles. The molecule has 2 aliphatic rings.